The van der Waals surface area contributed by atoms with Crippen molar-refractivity contribution in [3.8, 4) is 0 Å². The Morgan fingerprint density at radius 1 is 0.287 bits per heavy atom. The molecule has 5 unspecified atom stereocenters. The number of hydrogen-bond acceptors (Lipinski definition) is 15. The number of aliphatic hydroxyl groups is 1. The van der Waals surface area contributed by atoms with Crippen molar-refractivity contribution in [3.05, 3.63) is 24.3 Å². The third kappa shape index (κ3) is 68.1. The van der Waals surface area contributed by atoms with Crippen LogP contribution in [0.2, 0.25) is 0 Å². The molecule has 0 aliphatic rings. The molecule has 0 aliphatic heterocycles. The Labute approximate surface area is 573 Å². The number of carbonyl (C=O) groups is 4. The first kappa shape index (κ1) is 91.5. The largest absolute Gasteiger partial charge is 0.472 e. The van der Waals surface area contributed by atoms with Gasteiger partial charge >= 0.3 is 39.5 Å². The van der Waals surface area contributed by atoms with Crippen molar-refractivity contribution in [2.24, 2.45) is 0 Å². The molecule has 3 N–H and O–H groups in total. The van der Waals surface area contributed by atoms with E-state index in [1.807, 2.05) is 0 Å². The van der Waals surface area contributed by atoms with Gasteiger partial charge in [0.15, 0.2) is 12.2 Å². The van der Waals surface area contributed by atoms with Gasteiger partial charge in [-0.25, -0.2) is 9.13 Å². The number of ether oxygens (including phenoxy) is 4. The molecule has 0 rings (SSSR count). The molecule has 0 aromatic heterocycles. The summed E-state index contributed by atoms with van der Waals surface area (Å²) < 4.78 is 68.5. The highest BCUT2D eigenvalue weighted by Crippen LogP contribution is 2.45. The monoisotopic (exact) mass is 1380 g/mol. The average molecular weight is 1380 g/mol. The molecule has 0 fully saturated rings. The maximum atomic E-state index is 13.1. The lowest BCUT2D eigenvalue weighted by Crippen LogP contribution is -2.30. The van der Waals surface area contributed by atoms with Crippen LogP contribution in [0.15, 0.2) is 24.3 Å². The van der Waals surface area contributed by atoms with Gasteiger partial charge in [0.1, 0.15) is 19.3 Å². The Bertz CT molecular complexity index is 1880. The topological polar surface area (TPSA) is 237 Å². The van der Waals surface area contributed by atoms with Crippen molar-refractivity contribution in [2.75, 3.05) is 39.6 Å². The van der Waals surface area contributed by atoms with Crippen LogP contribution in [0.5, 0.6) is 0 Å². The summed E-state index contributed by atoms with van der Waals surface area (Å²) in [6, 6.07) is 0. The molecule has 0 saturated carbocycles. The van der Waals surface area contributed by atoms with Crippen molar-refractivity contribution < 1.29 is 80.2 Å². The number of hydrogen-bond donors (Lipinski definition) is 3. The third-order valence-electron chi connectivity index (χ3n) is 16.9. The number of esters is 4. The normalized spacial score (nSPS) is 14.1. The highest BCUT2D eigenvalue weighted by molar-refractivity contribution is 7.47. The zero-order chi connectivity index (χ0) is 69.0. The van der Waals surface area contributed by atoms with Crippen LogP contribution in [-0.2, 0) is 65.4 Å². The van der Waals surface area contributed by atoms with Gasteiger partial charge in [0, 0.05) is 25.7 Å². The van der Waals surface area contributed by atoms with Crippen LogP contribution in [0.4, 0.5) is 0 Å². The van der Waals surface area contributed by atoms with E-state index in [1.54, 1.807) is 0 Å². The van der Waals surface area contributed by atoms with Crippen LogP contribution >= 0.6 is 15.6 Å². The summed E-state index contributed by atoms with van der Waals surface area (Å²) in [4.78, 5) is 72.8. The van der Waals surface area contributed by atoms with Gasteiger partial charge in [0.25, 0.3) is 0 Å². The van der Waals surface area contributed by atoms with E-state index in [4.69, 9.17) is 37.0 Å². The fourth-order valence-electron chi connectivity index (χ4n) is 11.0. The number of allylic oxidation sites excluding steroid dienone is 4. The van der Waals surface area contributed by atoms with Crippen LogP contribution in [0.25, 0.3) is 0 Å². The van der Waals surface area contributed by atoms with Gasteiger partial charge in [0.2, 0.25) is 0 Å². The summed E-state index contributed by atoms with van der Waals surface area (Å²) in [5.74, 6) is -2.15. The fraction of sp³-hybridized carbons (Fsp3) is 0.893. The summed E-state index contributed by atoms with van der Waals surface area (Å²) >= 11 is 0. The van der Waals surface area contributed by atoms with Crippen LogP contribution in [0.1, 0.15) is 374 Å². The van der Waals surface area contributed by atoms with Crippen molar-refractivity contribution >= 4 is 39.5 Å². The van der Waals surface area contributed by atoms with Gasteiger partial charge in [-0.05, 0) is 77.0 Å². The minimum atomic E-state index is -4.96. The quantitative estimate of drug-likeness (QED) is 0.0169. The number of phosphoric ester groups is 2. The number of rotatable bonds is 74. The molecule has 554 valence electrons. The molecule has 17 nitrogen and oxygen atoms in total. The highest BCUT2D eigenvalue weighted by Gasteiger charge is 2.30. The molecule has 0 radical (unpaired) electrons. The zero-order valence-corrected chi connectivity index (χ0v) is 62.2. The average Bonchev–Trinajstić information content (AvgIpc) is 2.45. The van der Waals surface area contributed by atoms with Crippen LogP contribution in [0.3, 0.4) is 0 Å². The standard InChI is InChI=1S/C75H142O17P2/c1-5-9-13-17-21-25-29-33-34-38-40-44-48-52-56-60-73(78)86-66-71(92-75(80)62-58-54-50-46-42-37-32-28-24-20-16-12-8-4)68-90-94(83,84)88-64-69(76)63-87-93(81,82)89-67-70(91-74(79)61-57-53-49-45-41-36-31-27-23-19-15-11-7-3)65-85-72(77)59-55-51-47-43-39-35-30-26-22-18-14-10-6-2/h26,28,30,32,69-71,76H,5-25,27,29,31,33-68H2,1-4H3,(H,81,82)(H,83,84)/b30-26-,32-28-. The van der Waals surface area contributed by atoms with E-state index in [0.717, 1.165) is 122 Å². The van der Waals surface area contributed by atoms with Crippen LogP contribution in [0, 0.1) is 0 Å². The molecule has 0 aromatic rings. The summed E-state index contributed by atoms with van der Waals surface area (Å²) in [7, 11) is -9.92. The van der Waals surface area contributed by atoms with Crippen molar-refractivity contribution in [3.63, 3.8) is 0 Å². The molecule has 5 atom stereocenters. The molecular weight excluding hydrogens is 1230 g/mol. The fourth-order valence-corrected chi connectivity index (χ4v) is 12.6. The Kier molecular flexibility index (Phi) is 67.2. The minimum Gasteiger partial charge on any atom is -0.462 e. The molecule has 0 bridgehead atoms. The first-order valence-electron chi connectivity index (χ1n) is 38.6. The Morgan fingerprint density at radius 2 is 0.489 bits per heavy atom. The maximum absolute atomic E-state index is 13.1. The molecular formula is C75H142O17P2. The number of aliphatic hydroxyl groups excluding tert-OH is 1. The van der Waals surface area contributed by atoms with E-state index in [9.17, 15) is 43.2 Å². The van der Waals surface area contributed by atoms with Gasteiger partial charge in [-0.2, -0.15) is 0 Å². The molecule has 94 heavy (non-hydrogen) atoms. The number of unbranched alkanes of at least 4 members (excludes halogenated alkanes) is 44. The lowest BCUT2D eigenvalue weighted by Gasteiger charge is -2.21. The molecule has 0 heterocycles. The molecule has 0 amide bonds. The maximum Gasteiger partial charge on any atom is 0.472 e. The zero-order valence-electron chi connectivity index (χ0n) is 60.4. The minimum absolute atomic E-state index is 0.0934. The number of phosphoric acid groups is 2. The SMILES string of the molecule is CCCCCC/C=C\CCCCCCCC(=O)OCC(COP(=O)(O)OCC(O)COP(=O)(O)OCC(COC(=O)CCCCCCCCCCCCCCCCC)OC(=O)CCCCCCC/C=C\CCCCCC)OC(=O)CCCCCCCCCCCCCCC. The van der Waals surface area contributed by atoms with Gasteiger partial charge in [-0.1, -0.05) is 296 Å². The van der Waals surface area contributed by atoms with Gasteiger partial charge in [-0.15, -0.1) is 0 Å². The van der Waals surface area contributed by atoms with E-state index < -0.39 is 97.5 Å². The van der Waals surface area contributed by atoms with E-state index in [0.29, 0.717) is 25.7 Å². The molecule has 19 heteroatoms. The second kappa shape index (κ2) is 69.0. The smallest absolute Gasteiger partial charge is 0.462 e. The van der Waals surface area contributed by atoms with Crippen molar-refractivity contribution in [1.29, 1.82) is 0 Å². The molecule has 0 aromatic carbocycles. The first-order chi connectivity index (χ1) is 45.7. The highest BCUT2D eigenvalue weighted by atomic mass is 31.2. The van der Waals surface area contributed by atoms with Crippen molar-refractivity contribution in [2.45, 2.75) is 393 Å². The van der Waals surface area contributed by atoms with Crippen LogP contribution < -0.4 is 0 Å². The van der Waals surface area contributed by atoms with Gasteiger partial charge in [0.05, 0.1) is 26.4 Å². The summed E-state index contributed by atoms with van der Waals surface area (Å²) in [5, 5.41) is 10.6. The van der Waals surface area contributed by atoms with Crippen LogP contribution in [-0.4, -0.2) is 96.7 Å². The van der Waals surface area contributed by atoms with E-state index in [2.05, 4.69) is 52.0 Å². The summed E-state index contributed by atoms with van der Waals surface area (Å²) in [6.07, 6.45) is 61.6. The lowest BCUT2D eigenvalue weighted by molar-refractivity contribution is -0.161. The first-order valence-corrected chi connectivity index (χ1v) is 41.6. The van der Waals surface area contributed by atoms with Gasteiger partial charge < -0.3 is 33.8 Å². The predicted molar refractivity (Wildman–Crippen MR) is 381 cm³/mol. The Balaban J connectivity index is 5.28. The molecule has 0 aliphatic carbocycles. The second-order valence-corrected chi connectivity index (χ2v) is 29.2. The molecule has 0 saturated heterocycles. The van der Waals surface area contributed by atoms with E-state index in [1.165, 1.54) is 173 Å². The van der Waals surface area contributed by atoms with Crippen molar-refractivity contribution in [1.82, 2.24) is 0 Å². The Morgan fingerprint density at radius 3 is 0.745 bits per heavy atom. The predicted octanol–water partition coefficient (Wildman–Crippen LogP) is 21.8. The molecule has 0 spiro atoms. The van der Waals surface area contributed by atoms with E-state index >= 15 is 0 Å². The lowest BCUT2D eigenvalue weighted by atomic mass is 10.0. The van der Waals surface area contributed by atoms with E-state index in [-0.39, 0.29) is 25.7 Å². The number of carbonyl (C=O) groups excluding carboxylic acids is 4. The van der Waals surface area contributed by atoms with Gasteiger partial charge in [-0.3, -0.25) is 37.3 Å². The third-order valence-corrected chi connectivity index (χ3v) is 18.8. The summed E-state index contributed by atoms with van der Waals surface area (Å²) in [5.41, 5.74) is 0. The summed E-state index contributed by atoms with van der Waals surface area (Å²) in [6.45, 7) is 4.91. The Hall–Kier alpha value is -2.46. The second-order valence-electron chi connectivity index (χ2n) is 26.3.